The maximum Gasteiger partial charge on any atom is 0.0350 e. The van der Waals surface area contributed by atoms with Crippen molar-refractivity contribution in [3.05, 3.63) is 35.4 Å². The summed E-state index contributed by atoms with van der Waals surface area (Å²) in [7, 11) is 0. The first-order valence-electron chi connectivity index (χ1n) is 8.03. The fraction of sp³-hybridized carbons (Fsp3) is 0.667. The van der Waals surface area contributed by atoms with Crippen LogP contribution in [0.15, 0.2) is 24.3 Å². The third-order valence-electron chi connectivity index (χ3n) is 4.23. The van der Waals surface area contributed by atoms with Crippen molar-refractivity contribution in [1.82, 2.24) is 5.32 Å². The predicted molar refractivity (Wildman–Crippen MR) is 83.4 cm³/mol. The number of unbranched alkanes of at least 4 members (excludes halogenated alkanes) is 2. The van der Waals surface area contributed by atoms with Crippen molar-refractivity contribution in [2.24, 2.45) is 5.92 Å². The van der Waals surface area contributed by atoms with Crippen LogP contribution in [0.4, 0.5) is 0 Å². The molecule has 1 aromatic rings. The first-order chi connectivity index (χ1) is 9.20. The van der Waals surface area contributed by atoms with Gasteiger partial charge in [-0.15, -0.1) is 0 Å². The van der Waals surface area contributed by atoms with Crippen molar-refractivity contribution in [3.63, 3.8) is 0 Å². The average molecular weight is 259 g/mol. The van der Waals surface area contributed by atoms with Gasteiger partial charge >= 0.3 is 0 Å². The van der Waals surface area contributed by atoms with Crippen LogP contribution in [-0.4, -0.2) is 6.04 Å². The van der Waals surface area contributed by atoms with Crippen molar-refractivity contribution in [2.75, 3.05) is 0 Å². The lowest BCUT2D eigenvalue weighted by molar-refractivity contribution is 0.394. The Hall–Kier alpha value is -0.820. The zero-order chi connectivity index (χ0) is 13.7. The minimum atomic E-state index is 0.581. The smallest absolute Gasteiger partial charge is 0.0350 e. The first-order valence-corrected chi connectivity index (χ1v) is 8.03. The Labute approximate surface area is 118 Å². The lowest BCUT2D eigenvalue weighted by Crippen LogP contribution is -2.31. The van der Waals surface area contributed by atoms with Gasteiger partial charge in [0.2, 0.25) is 0 Å². The summed E-state index contributed by atoms with van der Waals surface area (Å²) in [6, 6.07) is 10.3. The number of nitrogens with one attached hydrogen (secondary N) is 1. The molecule has 106 valence electrons. The van der Waals surface area contributed by atoms with Crippen LogP contribution in [0.3, 0.4) is 0 Å². The molecule has 0 aromatic heterocycles. The van der Waals surface area contributed by atoms with Crippen LogP contribution in [0, 0.1) is 12.8 Å². The van der Waals surface area contributed by atoms with E-state index in [2.05, 4.69) is 50.4 Å². The summed E-state index contributed by atoms with van der Waals surface area (Å²) in [5.74, 6) is 0.872. The highest BCUT2D eigenvalue weighted by Crippen LogP contribution is 2.41. The van der Waals surface area contributed by atoms with Crippen molar-refractivity contribution in [2.45, 2.75) is 71.4 Å². The van der Waals surface area contributed by atoms with Gasteiger partial charge < -0.3 is 5.32 Å². The lowest BCUT2D eigenvalue weighted by atomic mass is 9.99. The summed E-state index contributed by atoms with van der Waals surface area (Å²) in [5, 5.41) is 3.87. The highest BCUT2D eigenvalue weighted by atomic mass is 15.0. The van der Waals surface area contributed by atoms with Gasteiger partial charge in [-0.25, -0.2) is 0 Å². The molecule has 1 aliphatic rings. The van der Waals surface area contributed by atoms with E-state index in [4.69, 9.17) is 0 Å². The van der Waals surface area contributed by atoms with E-state index < -0.39 is 0 Å². The van der Waals surface area contributed by atoms with E-state index in [1.54, 1.807) is 0 Å². The molecule has 1 saturated carbocycles. The number of rotatable bonds is 8. The molecule has 1 aromatic carbocycles. The van der Waals surface area contributed by atoms with Crippen LogP contribution < -0.4 is 5.32 Å². The molecule has 0 radical (unpaired) electrons. The topological polar surface area (TPSA) is 12.0 Å². The molecule has 0 spiro atoms. The summed E-state index contributed by atoms with van der Waals surface area (Å²) in [4.78, 5) is 0. The van der Waals surface area contributed by atoms with Gasteiger partial charge in [-0.1, -0.05) is 56.0 Å². The Bertz CT molecular complexity index is 364. The average Bonchev–Trinajstić information content (AvgIpc) is 3.22. The van der Waals surface area contributed by atoms with Crippen molar-refractivity contribution in [1.29, 1.82) is 0 Å². The highest BCUT2D eigenvalue weighted by molar-refractivity contribution is 5.25. The summed E-state index contributed by atoms with van der Waals surface area (Å²) < 4.78 is 0. The summed E-state index contributed by atoms with van der Waals surface area (Å²) >= 11 is 0. The second kappa shape index (κ2) is 7.09. The zero-order valence-electron chi connectivity index (χ0n) is 12.8. The molecule has 1 aliphatic carbocycles. The molecule has 2 atom stereocenters. The predicted octanol–water partition coefficient (Wildman–Crippen LogP) is 5.00. The van der Waals surface area contributed by atoms with Gasteiger partial charge in [-0.05, 0) is 44.6 Å². The van der Waals surface area contributed by atoms with Gasteiger partial charge in [-0.3, -0.25) is 0 Å². The van der Waals surface area contributed by atoms with Crippen molar-refractivity contribution >= 4 is 0 Å². The van der Waals surface area contributed by atoms with E-state index in [1.807, 2.05) is 0 Å². The Morgan fingerprint density at radius 2 is 1.84 bits per heavy atom. The van der Waals surface area contributed by atoms with Crippen LogP contribution in [0.2, 0.25) is 0 Å². The molecule has 1 nitrogen and oxygen atoms in total. The molecular formula is C18H29N. The third-order valence-corrected chi connectivity index (χ3v) is 4.23. The molecule has 1 heteroatoms. The number of hydrogen-bond donors (Lipinski definition) is 1. The van der Waals surface area contributed by atoms with Crippen LogP contribution >= 0.6 is 0 Å². The molecule has 0 saturated heterocycles. The molecule has 0 heterocycles. The van der Waals surface area contributed by atoms with Gasteiger partial charge in [0.05, 0.1) is 0 Å². The number of hydrogen-bond acceptors (Lipinski definition) is 1. The fourth-order valence-electron chi connectivity index (χ4n) is 2.80. The molecule has 1 N–H and O–H groups in total. The fourth-order valence-corrected chi connectivity index (χ4v) is 2.80. The van der Waals surface area contributed by atoms with E-state index >= 15 is 0 Å². The van der Waals surface area contributed by atoms with Crippen LogP contribution in [0.5, 0.6) is 0 Å². The lowest BCUT2D eigenvalue weighted by Gasteiger charge is -2.24. The van der Waals surface area contributed by atoms with E-state index in [0.29, 0.717) is 12.1 Å². The van der Waals surface area contributed by atoms with Crippen molar-refractivity contribution in [3.8, 4) is 0 Å². The Kier molecular flexibility index (Phi) is 5.45. The first kappa shape index (κ1) is 14.6. The summed E-state index contributed by atoms with van der Waals surface area (Å²) in [5.41, 5.74) is 2.84. The van der Waals surface area contributed by atoms with E-state index in [-0.39, 0.29) is 0 Å². The minimum absolute atomic E-state index is 0.581. The molecule has 1 fully saturated rings. The monoisotopic (exact) mass is 259 g/mol. The summed E-state index contributed by atoms with van der Waals surface area (Å²) in [6.07, 6.45) is 8.14. The Balaban J connectivity index is 1.91. The molecule has 0 amide bonds. The third kappa shape index (κ3) is 4.65. The van der Waals surface area contributed by atoms with E-state index in [9.17, 15) is 0 Å². The van der Waals surface area contributed by atoms with E-state index in [1.165, 1.54) is 49.7 Å². The van der Waals surface area contributed by atoms with E-state index in [0.717, 1.165) is 5.92 Å². The number of aryl methyl sites for hydroxylation is 1. The van der Waals surface area contributed by atoms with Crippen molar-refractivity contribution < 1.29 is 0 Å². The largest absolute Gasteiger partial charge is 0.307 e. The number of benzene rings is 1. The van der Waals surface area contributed by atoms with Crippen LogP contribution in [0.1, 0.15) is 69.5 Å². The van der Waals surface area contributed by atoms with Gasteiger partial charge in [0.25, 0.3) is 0 Å². The molecular weight excluding hydrogens is 230 g/mol. The van der Waals surface area contributed by atoms with Crippen LogP contribution in [0.25, 0.3) is 0 Å². The summed E-state index contributed by atoms with van der Waals surface area (Å²) in [6.45, 7) is 6.79. The minimum Gasteiger partial charge on any atom is -0.307 e. The Morgan fingerprint density at radius 1 is 1.16 bits per heavy atom. The second-order valence-electron chi connectivity index (χ2n) is 6.29. The van der Waals surface area contributed by atoms with Crippen LogP contribution in [-0.2, 0) is 0 Å². The normalized spacial score (nSPS) is 18.3. The van der Waals surface area contributed by atoms with Gasteiger partial charge in [-0.2, -0.15) is 0 Å². The molecule has 2 unspecified atom stereocenters. The quantitative estimate of drug-likeness (QED) is 0.647. The Morgan fingerprint density at radius 3 is 2.42 bits per heavy atom. The zero-order valence-corrected chi connectivity index (χ0v) is 12.8. The standard InChI is InChI=1S/C18H29N/c1-4-5-6-7-15(3)19-18(17-12-13-17)16-10-8-14(2)9-11-16/h8-11,15,17-19H,4-7,12-13H2,1-3H3. The van der Waals surface area contributed by atoms with Gasteiger partial charge in [0.1, 0.15) is 0 Å². The second-order valence-corrected chi connectivity index (χ2v) is 6.29. The molecule has 19 heavy (non-hydrogen) atoms. The molecule has 0 aliphatic heterocycles. The SMILES string of the molecule is CCCCCC(C)NC(c1ccc(C)cc1)C1CC1. The maximum atomic E-state index is 3.87. The highest BCUT2D eigenvalue weighted by Gasteiger charge is 2.32. The maximum absolute atomic E-state index is 3.87. The van der Waals surface area contributed by atoms with Gasteiger partial charge in [0.15, 0.2) is 0 Å². The van der Waals surface area contributed by atoms with Gasteiger partial charge in [0, 0.05) is 12.1 Å². The molecule has 2 rings (SSSR count). The molecule has 0 bridgehead atoms.